The monoisotopic (exact) mass is 400 g/mol. The molecule has 28 heavy (non-hydrogen) atoms. The van der Waals surface area contributed by atoms with Crippen molar-refractivity contribution in [1.82, 2.24) is 8.87 Å². The van der Waals surface area contributed by atoms with Crippen LogP contribution in [0.25, 0.3) is 0 Å². The van der Waals surface area contributed by atoms with E-state index in [1.54, 1.807) is 0 Å². The van der Waals surface area contributed by atoms with Gasteiger partial charge in [0.2, 0.25) is 10.0 Å². The third-order valence-electron chi connectivity index (χ3n) is 4.90. The minimum Gasteiger partial charge on any atom is -0.494 e. The van der Waals surface area contributed by atoms with E-state index in [-0.39, 0.29) is 4.90 Å². The molecule has 3 aromatic rings. The molecular formula is C21H21FN2O3S. The molecule has 146 valence electrons. The molecule has 7 heteroatoms. The predicted octanol–water partition coefficient (Wildman–Crippen LogP) is 3.82. The smallest absolute Gasteiger partial charge is 0.244 e. The highest BCUT2D eigenvalue weighted by molar-refractivity contribution is 7.89. The first-order valence-electron chi connectivity index (χ1n) is 9.16. The molecule has 0 saturated heterocycles. The molecular weight excluding hydrogens is 379 g/mol. The number of nitrogens with zero attached hydrogens (tertiary/aromatic N) is 2. The Hall–Kier alpha value is -2.64. The van der Waals surface area contributed by atoms with Gasteiger partial charge in [-0.15, -0.1) is 0 Å². The summed E-state index contributed by atoms with van der Waals surface area (Å²) < 4.78 is 49.4. The first-order chi connectivity index (χ1) is 13.5. The molecule has 5 nitrogen and oxygen atoms in total. The average Bonchev–Trinajstić information content (AvgIpc) is 3.17. The lowest BCUT2D eigenvalue weighted by Gasteiger charge is -2.36. The second-order valence-corrected chi connectivity index (χ2v) is 8.49. The molecule has 1 aliphatic rings. The predicted molar refractivity (Wildman–Crippen MR) is 104 cm³/mol. The van der Waals surface area contributed by atoms with E-state index in [0.717, 1.165) is 23.1 Å². The van der Waals surface area contributed by atoms with E-state index < -0.39 is 21.9 Å². The second kappa shape index (κ2) is 7.41. The van der Waals surface area contributed by atoms with Crippen LogP contribution in [-0.4, -0.2) is 30.4 Å². The van der Waals surface area contributed by atoms with E-state index in [0.29, 0.717) is 19.7 Å². The van der Waals surface area contributed by atoms with E-state index in [1.807, 2.05) is 49.5 Å². The van der Waals surface area contributed by atoms with Crippen molar-refractivity contribution in [1.29, 1.82) is 0 Å². The molecule has 1 aliphatic heterocycles. The van der Waals surface area contributed by atoms with Gasteiger partial charge in [0.1, 0.15) is 11.6 Å². The highest BCUT2D eigenvalue weighted by Crippen LogP contribution is 2.37. The second-order valence-electron chi connectivity index (χ2n) is 6.60. The standard InChI is InChI=1S/C21H21FN2O3S/c1-2-27-18-10-8-16(9-11-18)21-20-7-4-12-23(20)13-14-24(21)28(25,26)19-6-3-5-17(22)15-19/h3-12,15,21H,2,13-14H2,1H3. The maximum absolute atomic E-state index is 13.7. The van der Waals surface area contributed by atoms with Crippen LogP contribution in [0.5, 0.6) is 5.75 Å². The van der Waals surface area contributed by atoms with Gasteiger partial charge >= 0.3 is 0 Å². The number of aromatic nitrogens is 1. The van der Waals surface area contributed by atoms with Crippen LogP contribution in [0.2, 0.25) is 0 Å². The Labute approximate surface area is 164 Å². The quantitative estimate of drug-likeness (QED) is 0.654. The van der Waals surface area contributed by atoms with E-state index in [1.165, 1.54) is 22.5 Å². The Kier molecular flexibility index (Phi) is 4.95. The third kappa shape index (κ3) is 3.31. The van der Waals surface area contributed by atoms with Gasteiger partial charge in [-0.05, 0) is 55.0 Å². The lowest BCUT2D eigenvalue weighted by atomic mass is 10.0. The molecule has 0 amide bonds. The van der Waals surface area contributed by atoms with Gasteiger partial charge in [0.05, 0.1) is 17.5 Å². The SMILES string of the molecule is CCOc1ccc(C2c3cccn3CCN2S(=O)(=O)c2cccc(F)c2)cc1. The van der Waals surface area contributed by atoms with Crippen molar-refractivity contribution in [2.45, 2.75) is 24.4 Å². The Morgan fingerprint density at radius 3 is 2.57 bits per heavy atom. The van der Waals surface area contributed by atoms with Gasteiger partial charge in [0.25, 0.3) is 0 Å². The number of hydrogen-bond donors (Lipinski definition) is 0. The number of sulfonamides is 1. The normalized spacial score (nSPS) is 17.3. The van der Waals surface area contributed by atoms with Gasteiger partial charge in [-0.25, -0.2) is 12.8 Å². The van der Waals surface area contributed by atoms with Gasteiger partial charge in [-0.1, -0.05) is 18.2 Å². The summed E-state index contributed by atoms with van der Waals surface area (Å²) in [5.74, 6) is 0.163. The van der Waals surface area contributed by atoms with Crippen molar-refractivity contribution in [3.63, 3.8) is 0 Å². The van der Waals surface area contributed by atoms with Crippen molar-refractivity contribution < 1.29 is 17.5 Å². The van der Waals surface area contributed by atoms with Crippen LogP contribution >= 0.6 is 0 Å². The fourth-order valence-corrected chi connectivity index (χ4v) is 5.25. The van der Waals surface area contributed by atoms with E-state index in [4.69, 9.17) is 4.74 Å². The van der Waals surface area contributed by atoms with Crippen molar-refractivity contribution >= 4 is 10.0 Å². The lowest BCUT2D eigenvalue weighted by molar-refractivity contribution is 0.297. The number of fused-ring (bicyclic) bond motifs is 1. The lowest BCUT2D eigenvalue weighted by Crippen LogP contribution is -2.42. The number of rotatable bonds is 5. The van der Waals surface area contributed by atoms with E-state index in [2.05, 4.69) is 4.57 Å². The fraction of sp³-hybridized carbons (Fsp3) is 0.238. The number of halogens is 1. The molecule has 0 fully saturated rings. The van der Waals surface area contributed by atoms with Gasteiger partial charge in [0, 0.05) is 25.0 Å². The maximum atomic E-state index is 13.7. The fourth-order valence-electron chi connectivity index (χ4n) is 3.63. The summed E-state index contributed by atoms with van der Waals surface area (Å²) in [6.45, 7) is 3.32. The molecule has 2 aromatic carbocycles. The first-order valence-corrected chi connectivity index (χ1v) is 10.6. The van der Waals surface area contributed by atoms with Crippen LogP contribution in [0.15, 0.2) is 71.8 Å². The molecule has 0 saturated carbocycles. The van der Waals surface area contributed by atoms with Gasteiger partial charge in [-0.2, -0.15) is 4.31 Å². The summed E-state index contributed by atoms with van der Waals surface area (Å²) in [5.41, 5.74) is 1.72. The van der Waals surface area contributed by atoms with E-state index in [9.17, 15) is 12.8 Å². The van der Waals surface area contributed by atoms with Crippen molar-refractivity contribution in [3.8, 4) is 5.75 Å². The molecule has 0 bridgehead atoms. The molecule has 0 radical (unpaired) electrons. The number of benzene rings is 2. The summed E-state index contributed by atoms with van der Waals surface area (Å²) in [4.78, 5) is -0.0385. The highest BCUT2D eigenvalue weighted by atomic mass is 32.2. The number of hydrogen-bond acceptors (Lipinski definition) is 3. The minimum absolute atomic E-state index is 0.0385. The van der Waals surface area contributed by atoms with Crippen molar-refractivity contribution in [2.24, 2.45) is 0 Å². The Bertz CT molecular complexity index is 1080. The number of ether oxygens (including phenoxy) is 1. The van der Waals surface area contributed by atoms with Crippen LogP contribution < -0.4 is 4.74 Å². The summed E-state index contributed by atoms with van der Waals surface area (Å²) >= 11 is 0. The molecule has 0 N–H and O–H groups in total. The van der Waals surface area contributed by atoms with Crippen LogP contribution in [0.1, 0.15) is 24.2 Å². The zero-order valence-corrected chi connectivity index (χ0v) is 16.3. The summed E-state index contributed by atoms with van der Waals surface area (Å²) in [6, 6.07) is 15.9. The Morgan fingerprint density at radius 1 is 1.07 bits per heavy atom. The van der Waals surface area contributed by atoms with Crippen molar-refractivity contribution in [3.05, 3.63) is 83.9 Å². The van der Waals surface area contributed by atoms with Crippen LogP contribution in [0, 0.1) is 5.82 Å². The highest BCUT2D eigenvalue weighted by Gasteiger charge is 2.37. The minimum atomic E-state index is -3.87. The van der Waals surface area contributed by atoms with Gasteiger partial charge in [-0.3, -0.25) is 0 Å². The van der Waals surface area contributed by atoms with Gasteiger partial charge < -0.3 is 9.30 Å². The summed E-state index contributed by atoms with van der Waals surface area (Å²) in [7, 11) is -3.87. The van der Waals surface area contributed by atoms with Crippen LogP contribution in [0.4, 0.5) is 4.39 Å². The first kappa shape index (κ1) is 18.7. The molecule has 1 aromatic heterocycles. The molecule has 4 rings (SSSR count). The third-order valence-corrected chi connectivity index (χ3v) is 6.76. The molecule has 0 spiro atoms. The molecule has 1 unspecified atom stereocenters. The molecule has 0 aliphatic carbocycles. The van der Waals surface area contributed by atoms with Gasteiger partial charge in [0.15, 0.2) is 0 Å². The van der Waals surface area contributed by atoms with E-state index >= 15 is 0 Å². The van der Waals surface area contributed by atoms with Crippen LogP contribution in [-0.2, 0) is 16.6 Å². The molecule has 1 atom stereocenters. The largest absolute Gasteiger partial charge is 0.494 e. The average molecular weight is 400 g/mol. The topological polar surface area (TPSA) is 51.5 Å². The van der Waals surface area contributed by atoms with Crippen molar-refractivity contribution in [2.75, 3.05) is 13.2 Å². The molecule has 2 heterocycles. The Balaban J connectivity index is 1.80. The summed E-state index contributed by atoms with van der Waals surface area (Å²) in [6.07, 6.45) is 1.95. The summed E-state index contributed by atoms with van der Waals surface area (Å²) in [5, 5.41) is 0. The Morgan fingerprint density at radius 2 is 1.86 bits per heavy atom. The zero-order valence-electron chi connectivity index (χ0n) is 15.5. The zero-order chi connectivity index (χ0) is 19.7. The van der Waals surface area contributed by atoms with Crippen LogP contribution in [0.3, 0.4) is 0 Å². The maximum Gasteiger partial charge on any atom is 0.244 e.